The molecule has 0 aliphatic rings. The lowest BCUT2D eigenvalue weighted by molar-refractivity contribution is 0.216. The Kier molecular flexibility index (Phi) is 14.3. The van der Waals surface area contributed by atoms with E-state index in [2.05, 4.69) is 12.6 Å². The van der Waals surface area contributed by atoms with E-state index in [9.17, 15) is 0 Å². The summed E-state index contributed by atoms with van der Waals surface area (Å²) in [5.74, 6) is 0.792. The largest absolute Gasteiger partial charge is 0.394 e. The maximum atomic E-state index is 8.06. The van der Waals surface area contributed by atoms with Crippen molar-refractivity contribution in [2.45, 2.75) is 20.0 Å². The van der Waals surface area contributed by atoms with E-state index in [1.807, 2.05) is 0 Å². The normalized spacial score (nSPS) is 8.25. The van der Waals surface area contributed by atoms with Crippen molar-refractivity contribution >= 4 is 12.6 Å². The highest BCUT2D eigenvalue weighted by atomic mass is 32.1. The molecule has 0 radical (unpaired) electrons. The van der Waals surface area contributed by atoms with Crippen molar-refractivity contribution in [3.63, 3.8) is 0 Å². The van der Waals surface area contributed by atoms with Gasteiger partial charge in [-0.15, -0.1) is 0 Å². The Morgan fingerprint density at radius 2 is 1.75 bits per heavy atom. The molecule has 0 amide bonds. The van der Waals surface area contributed by atoms with E-state index in [1.54, 1.807) is 13.8 Å². The summed E-state index contributed by atoms with van der Waals surface area (Å²) in [7, 11) is 0. The lowest BCUT2D eigenvalue weighted by Crippen LogP contribution is -1.97. The molecule has 0 unspecified atom stereocenters. The maximum absolute atomic E-state index is 8.06. The van der Waals surface area contributed by atoms with Gasteiger partial charge in [0, 0.05) is 18.4 Å². The fourth-order valence-corrected chi connectivity index (χ4v) is 0. The summed E-state index contributed by atoms with van der Waals surface area (Å²) >= 11 is 3.80. The van der Waals surface area contributed by atoms with Crippen LogP contribution in [0, 0.1) is 0 Å². The van der Waals surface area contributed by atoms with Gasteiger partial charge >= 0.3 is 0 Å². The lowest BCUT2D eigenvalue weighted by Gasteiger charge is -1.80. The minimum Gasteiger partial charge on any atom is -0.394 e. The van der Waals surface area contributed by atoms with Gasteiger partial charge in [-0.2, -0.15) is 12.6 Å². The highest BCUT2D eigenvalue weighted by Crippen LogP contribution is 1.65. The molecule has 0 saturated heterocycles. The monoisotopic (exact) mass is 137 g/mol. The summed E-state index contributed by atoms with van der Waals surface area (Å²) in [6.07, 6.45) is -0.167. The van der Waals surface area contributed by atoms with E-state index in [4.69, 9.17) is 10.8 Å². The second-order valence-corrected chi connectivity index (χ2v) is 2.05. The number of aliphatic hydroxyl groups excluding tert-OH is 1. The smallest absolute Gasteiger partial charge is 0.0483 e. The van der Waals surface area contributed by atoms with Crippen molar-refractivity contribution in [3.8, 4) is 0 Å². The molecule has 0 rings (SSSR count). The molecule has 0 saturated carbocycles. The van der Waals surface area contributed by atoms with Crippen molar-refractivity contribution in [2.75, 3.05) is 12.3 Å². The summed E-state index contributed by atoms with van der Waals surface area (Å²) in [4.78, 5) is 0. The molecule has 3 N–H and O–H groups in total. The highest BCUT2D eigenvalue weighted by Gasteiger charge is 1.69. The van der Waals surface area contributed by atoms with Gasteiger partial charge in [-0.3, -0.25) is 0 Å². The Bertz CT molecular complexity index is 28.9. The van der Waals surface area contributed by atoms with Crippen LogP contribution in [0.4, 0.5) is 0 Å². The molecule has 3 heteroatoms. The van der Waals surface area contributed by atoms with E-state index in [0.717, 1.165) is 5.75 Å². The minimum atomic E-state index is -0.167. The van der Waals surface area contributed by atoms with Gasteiger partial charge in [0.15, 0.2) is 0 Å². The van der Waals surface area contributed by atoms with Crippen LogP contribution in [0.5, 0.6) is 0 Å². The van der Waals surface area contributed by atoms with Gasteiger partial charge in [-0.1, -0.05) is 0 Å². The van der Waals surface area contributed by atoms with E-state index in [0.29, 0.717) is 6.54 Å². The number of rotatable bonds is 1. The highest BCUT2D eigenvalue weighted by molar-refractivity contribution is 7.80. The summed E-state index contributed by atoms with van der Waals surface area (Å²) in [6, 6.07) is 0. The van der Waals surface area contributed by atoms with Gasteiger partial charge in [0.05, 0.1) is 0 Å². The molecule has 8 heavy (non-hydrogen) atoms. The van der Waals surface area contributed by atoms with Crippen LogP contribution in [0.15, 0.2) is 0 Å². The first-order chi connectivity index (χ1) is 3.65. The van der Waals surface area contributed by atoms with Gasteiger partial charge in [-0.25, -0.2) is 0 Å². The summed E-state index contributed by atoms with van der Waals surface area (Å²) < 4.78 is 0. The second-order valence-electron chi connectivity index (χ2n) is 1.61. The predicted molar refractivity (Wildman–Crippen MR) is 40.3 cm³/mol. The second kappa shape index (κ2) is 10.3. The minimum absolute atomic E-state index is 0.167. The molecule has 0 spiro atoms. The molecule has 0 aromatic heterocycles. The van der Waals surface area contributed by atoms with Crippen LogP contribution < -0.4 is 5.73 Å². The van der Waals surface area contributed by atoms with Crippen molar-refractivity contribution in [3.05, 3.63) is 0 Å². The molecule has 0 bridgehead atoms. The molecule has 0 aliphatic carbocycles. The van der Waals surface area contributed by atoms with Crippen molar-refractivity contribution in [2.24, 2.45) is 5.73 Å². The first kappa shape index (κ1) is 11.1. The topological polar surface area (TPSA) is 46.2 Å². The van der Waals surface area contributed by atoms with E-state index in [-0.39, 0.29) is 6.10 Å². The van der Waals surface area contributed by atoms with Crippen molar-refractivity contribution in [1.82, 2.24) is 0 Å². The van der Waals surface area contributed by atoms with Gasteiger partial charge in [0.25, 0.3) is 0 Å². The lowest BCUT2D eigenvalue weighted by atomic mass is 10.5. The molecular weight excluding hydrogens is 122 g/mol. The summed E-state index contributed by atoms with van der Waals surface area (Å²) in [6.45, 7) is 4.13. The number of nitrogens with two attached hydrogens (primary N) is 1. The third kappa shape index (κ3) is 108. The Morgan fingerprint density at radius 1 is 1.62 bits per heavy atom. The Labute approximate surface area is 56.5 Å². The van der Waals surface area contributed by atoms with E-state index >= 15 is 0 Å². The molecule has 2 nitrogen and oxygen atoms in total. The van der Waals surface area contributed by atoms with Gasteiger partial charge in [-0.05, 0) is 13.8 Å². The number of thiol groups is 1. The molecule has 0 aromatic rings. The van der Waals surface area contributed by atoms with Crippen molar-refractivity contribution < 1.29 is 5.11 Å². The number of aliphatic hydroxyl groups is 1. The van der Waals surface area contributed by atoms with E-state index < -0.39 is 0 Å². The Hall–Kier alpha value is 0.270. The number of hydrogen-bond acceptors (Lipinski definition) is 3. The summed E-state index contributed by atoms with van der Waals surface area (Å²) in [5.41, 5.74) is 4.95. The van der Waals surface area contributed by atoms with Crippen LogP contribution in [-0.4, -0.2) is 23.5 Å². The molecule has 0 fully saturated rings. The van der Waals surface area contributed by atoms with Crippen molar-refractivity contribution in [1.29, 1.82) is 0 Å². The maximum Gasteiger partial charge on any atom is 0.0483 e. The average Bonchev–Trinajstić information content (AvgIpc) is 1.65. The molecule has 0 atom stereocenters. The zero-order valence-corrected chi connectivity index (χ0v) is 6.36. The molecular formula is C5H15NOS. The third-order valence-electron chi connectivity index (χ3n) is 0.129. The van der Waals surface area contributed by atoms with E-state index in [1.165, 1.54) is 0 Å². The third-order valence-corrected chi connectivity index (χ3v) is 0.387. The standard InChI is InChI=1S/C3H8O.C2H7NS/c1-3(2)4;3-1-2-4/h3-4H,1-2H3;4H,1-3H2. The number of hydrogen-bond donors (Lipinski definition) is 3. The van der Waals surface area contributed by atoms with Crippen LogP contribution >= 0.6 is 12.6 Å². The average molecular weight is 137 g/mol. The zero-order valence-electron chi connectivity index (χ0n) is 5.46. The first-order valence-corrected chi connectivity index (χ1v) is 3.27. The van der Waals surface area contributed by atoms with Crippen LogP contribution in [-0.2, 0) is 0 Å². The van der Waals surface area contributed by atoms with Crippen LogP contribution in [0.1, 0.15) is 13.8 Å². The van der Waals surface area contributed by atoms with Crippen LogP contribution in [0.25, 0.3) is 0 Å². The quantitative estimate of drug-likeness (QED) is 0.454. The first-order valence-electron chi connectivity index (χ1n) is 2.64. The Morgan fingerprint density at radius 3 is 1.75 bits per heavy atom. The van der Waals surface area contributed by atoms with Crippen LogP contribution in [0.2, 0.25) is 0 Å². The molecule has 0 heterocycles. The SMILES string of the molecule is CC(C)O.NCCS. The fourth-order valence-electron chi connectivity index (χ4n) is 0. The molecule has 0 aromatic carbocycles. The van der Waals surface area contributed by atoms with Gasteiger partial charge in [0.2, 0.25) is 0 Å². The molecule has 0 aliphatic heterocycles. The van der Waals surface area contributed by atoms with Gasteiger partial charge in [0.1, 0.15) is 0 Å². The Balaban J connectivity index is 0. The molecule has 52 valence electrons. The van der Waals surface area contributed by atoms with Gasteiger partial charge < -0.3 is 10.8 Å². The fraction of sp³-hybridized carbons (Fsp3) is 1.00. The van der Waals surface area contributed by atoms with Crippen LogP contribution in [0.3, 0.4) is 0 Å². The summed E-state index contributed by atoms with van der Waals surface area (Å²) in [5, 5.41) is 8.06. The zero-order chi connectivity index (χ0) is 6.99. The predicted octanol–water partition coefficient (Wildman–Crippen LogP) is 0.262.